The highest BCUT2D eigenvalue weighted by Gasteiger charge is 2.35. The molecule has 1 unspecified atom stereocenters. The lowest BCUT2D eigenvalue weighted by Crippen LogP contribution is -2.59. The number of nitrogens with zero attached hydrogens (tertiary/aromatic N) is 4. The van der Waals surface area contributed by atoms with Crippen LogP contribution in [0.25, 0.3) is 11.3 Å². The lowest BCUT2D eigenvalue weighted by molar-refractivity contribution is -0.146. The molecule has 1 atom stereocenters. The van der Waals surface area contributed by atoms with Gasteiger partial charge in [-0.15, -0.1) is 0 Å². The quantitative estimate of drug-likeness (QED) is 0.837. The van der Waals surface area contributed by atoms with Crippen LogP contribution in [0.5, 0.6) is 5.75 Å². The number of hydrogen-bond acceptors (Lipinski definition) is 5. The van der Waals surface area contributed by atoms with Crippen LogP contribution in [0.2, 0.25) is 0 Å². The van der Waals surface area contributed by atoms with E-state index in [2.05, 4.69) is 15.1 Å². The van der Waals surface area contributed by atoms with Crippen LogP contribution in [0.4, 0.5) is 0 Å². The number of likely N-dealkylation sites (N-methyl/N-ethyl adjacent to an activating group) is 1. The summed E-state index contributed by atoms with van der Waals surface area (Å²) in [6, 6.07) is 7.34. The van der Waals surface area contributed by atoms with Crippen molar-refractivity contribution in [3.8, 4) is 17.0 Å². The molecule has 28 heavy (non-hydrogen) atoms. The van der Waals surface area contributed by atoms with E-state index in [1.807, 2.05) is 30.5 Å². The van der Waals surface area contributed by atoms with Crippen LogP contribution in [-0.2, 0) is 16.1 Å². The fraction of sp³-hybridized carbons (Fsp3) is 0.450. The fourth-order valence-corrected chi connectivity index (χ4v) is 3.55. The van der Waals surface area contributed by atoms with Gasteiger partial charge in [-0.25, -0.2) is 0 Å². The average Bonchev–Trinajstić information content (AvgIpc) is 3.15. The summed E-state index contributed by atoms with van der Waals surface area (Å²) in [6.45, 7) is 3.92. The van der Waals surface area contributed by atoms with Crippen LogP contribution in [0, 0.1) is 0 Å². The van der Waals surface area contributed by atoms with Gasteiger partial charge in [0.25, 0.3) is 0 Å². The molecule has 2 heterocycles. The molecule has 1 N–H and O–H groups in total. The number of nitrogens with one attached hydrogen (secondary N) is 1. The zero-order valence-corrected chi connectivity index (χ0v) is 16.8. The molecule has 3 rings (SSSR count). The monoisotopic (exact) mass is 385 g/mol. The Kier molecular flexibility index (Phi) is 5.99. The van der Waals surface area contributed by atoms with E-state index in [-0.39, 0.29) is 11.8 Å². The molecule has 0 aliphatic carbocycles. The summed E-state index contributed by atoms with van der Waals surface area (Å²) in [5.41, 5.74) is 3.03. The molecule has 2 aromatic rings. The van der Waals surface area contributed by atoms with E-state index in [0.29, 0.717) is 26.2 Å². The maximum absolute atomic E-state index is 12.6. The van der Waals surface area contributed by atoms with Gasteiger partial charge >= 0.3 is 0 Å². The topological polar surface area (TPSA) is 81.8 Å². The average molecular weight is 385 g/mol. The van der Waals surface area contributed by atoms with E-state index in [1.165, 1.54) is 6.92 Å². The number of piperazine rings is 1. The molecule has 150 valence electrons. The van der Waals surface area contributed by atoms with Gasteiger partial charge in [0.2, 0.25) is 11.8 Å². The third-order valence-electron chi connectivity index (χ3n) is 5.09. The molecule has 8 nitrogen and oxygen atoms in total. The SMILES string of the molecule is COc1ccc(-c2[nH]ncc2CN2CCN(C(C)=O)C(C(=O)N(C)C)C2)cc1. The van der Waals surface area contributed by atoms with E-state index in [4.69, 9.17) is 4.74 Å². The van der Waals surface area contributed by atoms with Crippen molar-refractivity contribution in [1.29, 1.82) is 0 Å². The minimum absolute atomic E-state index is 0.0533. The van der Waals surface area contributed by atoms with Crippen molar-refractivity contribution in [2.24, 2.45) is 0 Å². The Morgan fingerprint density at radius 3 is 2.57 bits per heavy atom. The second kappa shape index (κ2) is 8.43. The number of hydrogen-bond donors (Lipinski definition) is 1. The second-order valence-electron chi connectivity index (χ2n) is 7.19. The number of aromatic nitrogens is 2. The highest BCUT2D eigenvalue weighted by Crippen LogP contribution is 2.25. The van der Waals surface area contributed by atoms with Crippen molar-refractivity contribution in [3.05, 3.63) is 36.0 Å². The molecule has 1 aromatic carbocycles. The summed E-state index contributed by atoms with van der Waals surface area (Å²) in [7, 11) is 5.08. The van der Waals surface area contributed by atoms with Gasteiger partial charge in [-0.3, -0.25) is 19.6 Å². The standard InChI is InChI=1S/C20H27N5O3/c1-14(26)25-10-9-24(13-18(25)20(27)23(2)3)12-16-11-21-22-19(16)15-5-7-17(28-4)8-6-15/h5-8,11,18H,9-10,12-13H2,1-4H3,(H,21,22). The van der Waals surface area contributed by atoms with Crippen molar-refractivity contribution in [2.45, 2.75) is 19.5 Å². The molecule has 1 aromatic heterocycles. The number of H-pyrrole nitrogens is 1. The minimum atomic E-state index is -0.461. The summed E-state index contributed by atoms with van der Waals surface area (Å²) in [5, 5.41) is 7.28. The van der Waals surface area contributed by atoms with E-state index >= 15 is 0 Å². The zero-order valence-electron chi connectivity index (χ0n) is 16.8. The van der Waals surface area contributed by atoms with Gasteiger partial charge in [0, 0.05) is 58.3 Å². The fourth-order valence-electron chi connectivity index (χ4n) is 3.55. The Morgan fingerprint density at radius 1 is 1.25 bits per heavy atom. The van der Waals surface area contributed by atoms with Crippen molar-refractivity contribution in [2.75, 3.05) is 40.8 Å². The predicted molar refractivity (Wildman–Crippen MR) is 106 cm³/mol. The van der Waals surface area contributed by atoms with Crippen molar-refractivity contribution >= 4 is 11.8 Å². The zero-order chi connectivity index (χ0) is 20.3. The highest BCUT2D eigenvalue weighted by molar-refractivity contribution is 5.87. The lowest BCUT2D eigenvalue weighted by Gasteiger charge is -2.41. The molecule has 1 aliphatic rings. The summed E-state index contributed by atoms with van der Waals surface area (Å²) in [6.07, 6.45) is 1.82. The summed E-state index contributed by atoms with van der Waals surface area (Å²) >= 11 is 0. The van der Waals surface area contributed by atoms with Gasteiger partial charge in [0.1, 0.15) is 11.8 Å². The second-order valence-corrected chi connectivity index (χ2v) is 7.19. The van der Waals surface area contributed by atoms with Crippen LogP contribution < -0.4 is 4.74 Å². The first kappa shape index (κ1) is 19.9. The number of amides is 2. The Bertz CT molecular complexity index is 831. The smallest absolute Gasteiger partial charge is 0.246 e. The molecule has 2 amide bonds. The van der Waals surface area contributed by atoms with Gasteiger partial charge in [0.05, 0.1) is 19.0 Å². The summed E-state index contributed by atoms with van der Waals surface area (Å²) < 4.78 is 5.22. The van der Waals surface area contributed by atoms with E-state index in [9.17, 15) is 9.59 Å². The van der Waals surface area contributed by atoms with Gasteiger partial charge < -0.3 is 14.5 Å². The molecule has 0 bridgehead atoms. The normalized spacial score (nSPS) is 17.4. The van der Waals surface area contributed by atoms with Crippen LogP contribution in [0.1, 0.15) is 12.5 Å². The molecule has 1 aliphatic heterocycles. The van der Waals surface area contributed by atoms with Gasteiger partial charge in [-0.1, -0.05) is 0 Å². The number of rotatable bonds is 5. The highest BCUT2D eigenvalue weighted by atomic mass is 16.5. The van der Waals surface area contributed by atoms with Crippen LogP contribution in [-0.4, -0.2) is 83.6 Å². The van der Waals surface area contributed by atoms with Crippen LogP contribution in [0.3, 0.4) is 0 Å². The number of benzene rings is 1. The number of carbonyl (C=O) groups excluding carboxylic acids is 2. The molecular weight excluding hydrogens is 358 g/mol. The maximum atomic E-state index is 12.6. The first-order chi connectivity index (χ1) is 13.4. The Morgan fingerprint density at radius 2 is 1.96 bits per heavy atom. The minimum Gasteiger partial charge on any atom is -0.497 e. The molecule has 8 heteroatoms. The molecule has 0 radical (unpaired) electrons. The molecule has 1 fully saturated rings. The Hall–Kier alpha value is -2.87. The largest absolute Gasteiger partial charge is 0.497 e. The molecule has 1 saturated heterocycles. The van der Waals surface area contributed by atoms with Crippen LogP contribution in [0.15, 0.2) is 30.5 Å². The van der Waals surface area contributed by atoms with E-state index < -0.39 is 6.04 Å². The first-order valence-electron chi connectivity index (χ1n) is 9.28. The number of carbonyl (C=O) groups is 2. The number of methoxy groups -OCH3 is 1. The lowest BCUT2D eigenvalue weighted by atomic mass is 10.1. The van der Waals surface area contributed by atoms with Gasteiger partial charge in [0.15, 0.2) is 0 Å². The Labute approximate surface area is 165 Å². The third kappa shape index (κ3) is 4.17. The number of aromatic amines is 1. The molecule has 0 spiro atoms. The maximum Gasteiger partial charge on any atom is 0.246 e. The molecule has 0 saturated carbocycles. The third-order valence-corrected chi connectivity index (χ3v) is 5.09. The Balaban J connectivity index is 1.76. The van der Waals surface area contributed by atoms with Crippen molar-refractivity contribution in [3.63, 3.8) is 0 Å². The van der Waals surface area contributed by atoms with E-state index in [1.54, 1.807) is 31.0 Å². The van der Waals surface area contributed by atoms with Gasteiger partial charge in [-0.05, 0) is 24.3 Å². The van der Waals surface area contributed by atoms with Crippen molar-refractivity contribution in [1.82, 2.24) is 24.9 Å². The van der Waals surface area contributed by atoms with Crippen LogP contribution >= 0.6 is 0 Å². The van der Waals surface area contributed by atoms with Gasteiger partial charge in [-0.2, -0.15) is 5.10 Å². The predicted octanol–water partition coefficient (Wildman–Crippen LogP) is 1.21. The summed E-state index contributed by atoms with van der Waals surface area (Å²) in [4.78, 5) is 30.0. The first-order valence-corrected chi connectivity index (χ1v) is 9.28. The summed E-state index contributed by atoms with van der Waals surface area (Å²) in [5.74, 6) is 0.680. The molecular formula is C20H27N5O3. The van der Waals surface area contributed by atoms with Crippen molar-refractivity contribution < 1.29 is 14.3 Å². The van der Waals surface area contributed by atoms with E-state index in [0.717, 1.165) is 22.6 Å². The number of ether oxygens (including phenoxy) is 1.